The average Bonchev–Trinajstić information content (AvgIpc) is 2.07. The molecule has 0 unspecified atom stereocenters. The van der Waals surface area contributed by atoms with Crippen molar-refractivity contribution in [2.75, 3.05) is 0 Å². The minimum absolute atomic E-state index is 0.310. The first kappa shape index (κ1) is 12.6. The molecule has 0 N–H and O–H groups in total. The lowest BCUT2D eigenvalue weighted by Crippen LogP contribution is -2.59. The van der Waals surface area contributed by atoms with Crippen LogP contribution in [0.25, 0.3) is 0 Å². The van der Waals surface area contributed by atoms with E-state index in [9.17, 15) is 8.22 Å². The summed E-state index contributed by atoms with van der Waals surface area (Å²) in [6.07, 6.45) is 0. The maximum Gasteiger partial charge on any atom is 0.432 e. The van der Waals surface area contributed by atoms with E-state index in [4.69, 9.17) is 0 Å². The molecule has 0 amide bonds. The third kappa shape index (κ3) is 2.37. The number of rotatable bonds is 2. The summed E-state index contributed by atoms with van der Waals surface area (Å²) in [5.41, 5.74) is 2.05. The molecule has 0 aromatic heterocycles. The first-order valence-electron chi connectivity index (χ1n) is 5.12. The smallest absolute Gasteiger partial charge is 0.269 e. The van der Waals surface area contributed by atoms with E-state index < -0.39 is 15.9 Å². The van der Waals surface area contributed by atoms with E-state index in [0.29, 0.717) is 5.19 Å². The Labute approximate surface area is 92.5 Å². The summed E-state index contributed by atoms with van der Waals surface area (Å²) >= 11 is 0. The summed E-state index contributed by atoms with van der Waals surface area (Å²) in [4.78, 5) is 0. The molecule has 0 radical (unpaired) electrons. The van der Waals surface area contributed by atoms with Gasteiger partial charge in [-0.05, 0) is 30.2 Å². The topological polar surface area (TPSA) is 0 Å². The summed E-state index contributed by atoms with van der Waals surface area (Å²) in [6, 6.07) is 5.11. The molecule has 0 saturated heterocycles. The molecule has 0 aliphatic carbocycles. The summed E-state index contributed by atoms with van der Waals surface area (Å²) < 4.78 is 28.4. The van der Waals surface area contributed by atoms with Gasteiger partial charge in [0.15, 0.2) is 0 Å². The summed E-state index contributed by atoms with van der Waals surface area (Å²) in [6.45, 7) is 9.12. The zero-order valence-corrected chi connectivity index (χ0v) is 12.0. The predicted octanol–water partition coefficient (Wildman–Crippen LogP) is 3.31. The maximum atomic E-state index is 14.2. The summed E-state index contributed by atoms with van der Waals surface area (Å²) in [7, 11) is -6.56. The Bertz CT molecular complexity index is 367. The lowest BCUT2D eigenvalue weighted by molar-refractivity contribution is 0.661. The highest BCUT2D eigenvalue weighted by Gasteiger charge is 2.51. The molecule has 15 heavy (non-hydrogen) atoms. The van der Waals surface area contributed by atoms with Gasteiger partial charge in [0, 0.05) is 0 Å². The fourth-order valence-corrected chi connectivity index (χ4v) is 5.99. The standard InChI is InChI=1S/C11H18F2Si2/c1-9-6-7-11(8-10(9)2)15(12,13)14(3,4)5/h6-8H,1-5H3. The van der Waals surface area contributed by atoms with Crippen molar-refractivity contribution in [1.82, 2.24) is 0 Å². The fourth-order valence-electron chi connectivity index (χ4n) is 1.37. The van der Waals surface area contributed by atoms with Gasteiger partial charge in [0.05, 0.1) is 0 Å². The van der Waals surface area contributed by atoms with Crippen LogP contribution in [-0.2, 0) is 0 Å². The van der Waals surface area contributed by atoms with Crippen molar-refractivity contribution in [2.24, 2.45) is 0 Å². The SMILES string of the molecule is Cc1ccc([Si](F)(F)[Si](C)(C)C)cc1C. The van der Waals surface area contributed by atoms with Gasteiger partial charge in [-0.3, -0.25) is 8.22 Å². The Balaban J connectivity index is 3.22. The summed E-state index contributed by atoms with van der Waals surface area (Å²) in [5, 5.41) is 0.310. The van der Waals surface area contributed by atoms with E-state index in [-0.39, 0.29) is 0 Å². The van der Waals surface area contributed by atoms with Crippen molar-refractivity contribution in [1.29, 1.82) is 0 Å². The second kappa shape index (κ2) is 3.83. The normalized spacial score (nSPS) is 13.0. The molecule has 84 valence electrons. The lowest BCUT2D eigenvalue weighted by Gasteiger charge is -2.26. The number of aryl methyl sites for hydroxylation is 2. The van der Waals surface area contributed by atoms with Crippen LogP contribution in [0.15, 0.2) is 18.2 Å². The molecule has 0 saturated carbocycles. The highest BCUT2D eigenvalue weighted by atomic mass is 29.3. The van der Waals surface area contributed by atoms with E-state index in [0.717, 1.165) is 11.1 Å². The van der Waals surface area contributed by atoms with Crippen molar-refractivity contribution < 1.29 is 8.22 Å². The van der Waals surface area contributed by atoms with Gasteiger partial charge in [-0.25, -0.2) is 0 Å². The molecule has 0 heterocycles. The van der Waals surface area contributed by atoms with Gasteiger partial charge < -0.3 is 0 Å². The van der Waals surface area contributed by atoms with Gasteiger partial charge in [-0.2, -0.15) is 0 Å². The van der Waals surface area contributed by atoms with Gasteiger partial charge >= 0.3 is 8.26 Å². The Kier molecular flexibility index (Phi) is 3.21. The third-order valence-corrected chi connectivity index (χ3v) is 12.2. The molecule has 0 atom stereocenters. The first-order valence-corrected chi connectivity index (χ1v) is 11.4. The van der Waals surface area contributed by atoms with Gasteiger partial charge in [-0.1, -0.05) is 37.8 Å². The van der Waals surface area contributed by atoms with Crippen LogP contribution in [0.4, 0.5) is 8.22 Å². The summed E-state index contributed by atoms with van der Waals surface area (Å²) in [5.74, 6) is 0. The van der Waals surface area contributed by atoms with Crippen LogP contribution in [0.2, 0.25) is 19.6 Å². The van der Waals surface area contributed by atoms with Gasteiger partial charge in [-0.15, -0.1) is 0 Å². The van der Waals surface area contributed by atoms with E-state index in [1.165, 1.54) is 0 Å². The average molecular weight is 244 g/mol. The van der Waals surface area contributed by atoms with Crippen LogP contribution in [-0.4, -0.2) is 15.9 Å². The first-order chi connectivity index (χ1) is 6.66. The van der Waals surface area contributed by atoms with Gasteiger partial charge in [0.2, 0.25) is 0 Å². The zero-order valence-electron chi connectivity index (χ0n) is 9.99. The number of benzene rings is 1. The molecule has 1 rings (SSSR count). The Morgan fingerprint density at radius 1 is 0.933 bits per heavy atom. The number of halogens is 2. The Hall–Kier alpha value is -0.486. The molecular formula is C11H18F2Si2. The molecule has 0 fully saturated rings. The van der Waals surface area contributed by atoms with Crippen molar-refractivity contribution >= 4 is 21.0 Å². The Morgan fingerprint density at radius 3 is 1.87 bits per heavy atom. The Morgan fingerprint density at radius 2 is 1.47 bits per heavy atom. The van der Waals surface area contributed by atoms with Crippen molar-refractivity contribution in [3.63, 3.8) is 0 Å². The molecule has 0 aliphatic rings. The zero-order chi connectivity index (χ0) is 11.9. The van der Waals surface area contributed by atoms with Crippen LogP contribution in [0.5, 0.6) is 0 Å². The van der Waals surface area contributed by atoms with E-state index in [1.807, 2.05) is 19.9 Å². The van der Waals surface area contributed by atoms with Crippen LogP contribution in [0, 0.1) is 13.8 Å². The van der Waals surface area contributed by atoms with E-state index in [2.05, 4.69) is 0 Å². The van der Waals surface area contributed by atoms with Crippen LogP contribution >= 0.6 is 0 Å². The molecule has 1 aromatic carbocycles. The van der Waals surface area contributed by atoms with Crippen LogP contribution in [0.3, 0.4) is 0 Å². The number of hydrogen-bond donors (Lipinski definition) is 0. The van der Waals surface area contributed by atoms with E-state index >= 15 is 0 Å². The number of hydrogen-bond acceptors (Lipinski definition) is 0. The maximum absolute atomic E-state index is 14.2. The monoisotopic (exact) mass is 244 g/mol. The van der Waals surface area contributed by atoms with Gasteiger partial charge in [0.1, 0.15) is 7.59 Å². The van der Waals surface area contributed by atoms with Gasteiger partial charge in [0.25, 0.3) is 0 Å². The lowest BCUT2D eigenvalue weighted by atomic mass is 10.1. The molecule has 4 heteroatoms. The predicted molar refractivity (Wildman–Crippen MR) is 66.9 cm³/mol. The molecule has 1 aromatic rings. The second-order valence-electron chi connectivity index (χ2n) is 5.12. The highest BCUT2D eigenvalue weighted by Crippen LogP contribution is 2.22. The quantitative estimate of drug-likeness (QED) is 0.553. The minimum Gasteiger partial charge on any atom is -0.269 e. The molecule has 0 nitrogen and oxygen atoms in total. The fraction of sp³-hybridized carbons (Fsp3) is 0.455. The second-order valence-corrected chi connectivity index (χ2v) is 17.7. The minimum atomic E-state index is -4.20. The third-order valence-electron chi connectivity index (χ3n) is 2.81. The van der Waals surface area contributed by atoms with Crippen LogP contribution in [0.1, 0.15) is 11.1 Å². The molecule has 0 aliphatic heterocycles. The highest BCUT2D eigenvalue weighted by molar-refractivity contribution is 7.40. The van der Waals surface area contributed by atoms with E-state index in [1.54, 1.807) is 31.8 Å². The van der Waals surface area contributed by atoms with Crippen molar-refractivity contribution in [3.8, 4) is 0 Å². The molecule has 0 spiro atoms. The molecular weight excluding hydrogens is 226 g/mol. The largest absolute Gasteiger partial charge is 0.432 e. The molecule has 0 bridgehead atoms. The van der Waals surface area contributed by atoms with Crippen molar-refractivity contribution in [3.05, 3.63) is 29.3 Å². The van der Waals surface area contributed by atoms with Crippen LogP contribution < -0.4 is 5.19 Å². The van der Waals surface area contributed by atoms with Crippen molar-refractivity contribution in [2.45, 2.75) is 33.5 Å².